The summed E-state index contributed by atoms with van der Waals surface area (Å²) in [5.41, 5.74) is -0.380. The highest BCUT2D eigenvalue weighted by molar-refractivity contribution is 6.01. The quantitative estimate of drug-likeness (QED) is 0.576. The maximum absolute atomic E-state index is 10.5. The second kappa shape index (κ2) is 14.6. The van der Waals surface area contributed by atoms with E-state index in [0.29, 0.717) is 0 Å². The average molecular weight is 344 g/mol. The van der Waals surface area contributed by atoms with Crippen molar-refractivity contribution < 1.29 is 30.0 Å². The third-order valence-electron chi connectivity index (χ3n) is 2.48. The maximum atomic E-state index is 10.5. The lowest BCUT2D eigenvalue weighted by Gasteiger charge is -2.03. The van der Waals surface area contributed by atoms with Crippen molar-refractivity contribution in [1.82, 2.24) is 9.80 Å². The number of carboxylic acid groups (broad SMARTS) is 2. The molecule has 0 aromatic heterocycles. The van der Waals surface area contributed by atoms with E-state index in [1.54, 1.807) is 0 Å². The zero-order valence-corrected chi connectivity index (χ0v) is 14.6. The molecular formula is C16H28N2O6. The van der Waals surface area contributed by atoms with E-state index in [1.165, 1.54) is 24.3 Å². The van der Waals surface area contributed by atoms with Crippen molar-refractivity contribution in [1.29, 1.82) is 0 Å². The second-order valence-electron chi connectivity index (χ2n) is 5.21. The third-order valence-corrected chi connectivity index (χ3v) is 2.48. The molecule has 8 heteroatoms. The fourth-order valence-corrected chi connectivity index (χ4v) is 1.26. The van der Waals surface area contributed by atoms with Crippen LogP contribution in [-0.2, 0) is 0 Å². The Morgan fingerprint density at radius 1 is 0.792 bits per heavy atom. The Kier molecular flexibility index (Phi) is 14.7. The van der Waals surface area contributed by atoms with Gasteiger partial charge in [0, 0.05) is 13.1 Å². The van der Waals surface area contributed by atoms with Gasteiger partial charge >= 0.3 is 11.9 Å². The van der Waals surface area contributed by atoms with E-state index in [4.69, 9.17) is 20.4 Å². The zero-order chi connectivity index (χ0) is 19.1. The molecule has 4 N–H and O–H groups in total. The molecule has 24 heavy (non-hydrogen) atoms. The van der Waals surface area contributed by atoms with E-state index in [-0.39, 0.29) is 24.3 Å². The molecule has 0 radical (unpaired) electrons. The van der Waals surface area contributed by atoms with Gasteiger partial charge in [0.25, 0.3) is 0 Å². The Labute approximate surface area is 142 Å². The first-order valence-electron chi connectivity index (χ1n) is 7.24. The minimum absolute atomic E-state index is 0.190. The molecule has 0 saturated carbocycles. The van der Waals surface area contributed by atoms with Crippen LogP contribution in [0.4, 0.5) is 0 Å². The highest BCUT2D eigenvalue weighted by Crippen LogP contribution is 2.07. The van der Waals surface area contributed by atoms with Crippen molar-refractivity contribution in [3.05, 3.63) is 35.4 Å². The Balaban J connectivity index is 0. The van der Waals surface area contributed by atoms with Crippen LogP contribution in [0.5, 0.6) is 0 Å². The molecule has 0 aliphatic rings. The predicted molar refractivity (Wildman–Crippen MR) is 91.6 cm³/mol. The molecule has 0 spiro atoms. The summed E-state index contributed by atoms with van der Waals surface area (Å²) in [6.07, 6.45) is 0. The molecule has 0 heterocycles. The van der Waals surface area contributed by atoms with Crippen LogP contribution in [0.15, 0.2) is 24.3 Å². The molecular weight excluding hydrogens is 316 g/mol. The summed E-state index contributed by atoms with van der Waals surface area (Å²) in [5, 5.41) is 33.5. The first kappa shape index (κ1) is 24.3. The minimum atomic E-state index is -1.23. The lowest BCUT2D eigenvalue weighted by Crippen LogP contribution is -2.15. The lowest BCUT2D eigenvalue weighted by atomic mass is 10.1. The van der Waals surface area contributed by atoms with Crippen LogP contribution in [0, 0.1) is 0 Å². The van der Waals surface area contributed by atoms with Crippen molar-refractivity contribution >= 4 is 11.9 Å². The summed E-state index contributed by atoms with van der Waals surface area (Å²) in [6, 6.07) is 5.48. The molecule has 0 atom stereocenters. The summed E-state index contributed by atoms with van der Waals surface area (Å²) in [7, 11) is 7.71. The van der Waals surface area contributed by atoms with Gasteiger partial charge in [0.2, 0.25) is 0 Å². The SMILES string of the molecule is CN(C)CCO.CN(C)CCO.O=C(O)c1ccccc1C(=O)O. The Morgan fingerprint density at radius 3 is 1.21 bits per heavy atom. The van der Waals surface area contributed by atoms with Crippen LogP contribution < -0.4 is 0 Å². The van der Waals surface area contributed by atoms with Gasteiger partial charge < -0.3 is 30.2 Å². The highest BCUT2D eigenvalue weighted by Gasteiger charge is 2.13. The molecule has 1 aromatic rings. The van der Waals surface area contributed by atoms with Crippen LogP contribution in [0.25, 0.3) is 0 Å². The minimum Gasteiger partial charge on any atom is -0.478 e. The summed E-state index contributed by atoms with van der Waals surface area (Å²) in [6.45, 7) is 2.04. The molecule has 0 saturated heterocycles. The van der Waals surface area contributed by atoms with Crippen LogP contribution in [-0.4, -0.2) is 96.7 Å². The lowest BCUT2D eigenvalue weighted by molar-refractivity contribution is 0.0651. The number of likely N-dealkylation sites (N-methyl/N-ethyl adjacent to an activating group) is 2. The summed E-state index contributed by atoms with van der Waals surface area (Å²) < 4.78 is 0. The molecule has 0 aliphatic carbocycles. The van der Waals surface area contributed by atoms with Crippen LogP contribution in [0.1, 0.15) is 20.7 Å². The molecule has 8 nitrogen and oxygen atoms in total. The van der Waals surface area contributed by atoms with Crippen molar-refractivity contribution in [2.24, 2.45) is 0 Å². The van der Waals surface area contributed by atoms with Crippen molar-refractivity contribution in [3.63, 3.8) is 0 Å². The molecule has 1 rings (SSSR count). The van der Waals surface area contributed by atoms with Gasteiger partial charge in [-0.25, -0.2) is 9.59 Å². The number of nitrogens with zero attached hydrogens (tertiary/aromatic N) is 2. The first-order chi connectivity index (χ1) is 11.2. The number of carbonyl (C=O) groups is 2. The van der Waals surface area contributed by atoms with Gasteiger partial charge in [0.15, 0.2) is 0 Å². The van der Waals surface area contributed by atoms with E-state index in [0.717, 1.165) is 13.1 Å². The molecule has 0 fully saturated rings. The molecule has 0 amide bonds. The predicted octanol–water partition coefficient (Wildman–Crippen LogP) is 0.164. The number of carboxylic acids is 2. The zero-order valence-electron chi connectivity index (χ0n) is 14.6. The normalized spacial score (nSPS) is 9.67. The van der Waals surface area contributed by atoms with Crippen molar-refractivity contribution in [3.8, 4) is 0 Å². The van der Waals surface area contributed by atoms with Gasteiger partial charge in [0.1, 0.15) is 0 Å². The topological polar surface area (TPSA) is 122 Å². The monoisotopic (exact) mass is 344 g/mol. The van der Waals surface area contributed by atoms with Crippen LogP contribution >= 0.6 is 0 Å². The summed E-state index contributed by atoms with van der Waals surface area (Å²) >= 11 is 0. The van der Waals surface area contributed by atoms with Crippen molar-refractivity contribution in [2.75, 3.05) is 54.5 Å². The van der Waals surface area contributed by atoms with E-state index in [9.17, 15) is 9.59 Å². The van der Waals surface area contributed by atoms with E-state index < -0.39 is 11.9 Å². The first-order valence-corrected chi connectivity index (χ1v) is 7.24. The Bertz CT molecular complexity index is 434. The number of hydrogen-bond donors (Lipinski definition) is 4. The smallest absolute Gasteiger partial charge is 0.336 e. The average Bonchev–Trinajstić information content (AvgIpc) is 2.48. The number of benzene rings is 1. The van der Waals surface area contributed by atoms with Crippen molar-refractivity contribution in [2.45, 2.75) is 0 Å². The van der Waals surface area contributed by atoms with Gasteiger partial charge in [-0.05, 0) is 40.3 Å². The Hall–Kier alpha value is -2.00. The number of hydrogen-bond acceptors (Lipinski definition) is 6. The molecule has 0 unspecified atom stereocenters. The third kappa shape index (κ3) is 13.6. The number of aromatic carboxylic acids is 2. The number of aliphatic hydroxyl groups is 2. The second-order valence-corrected chi connectivity index (χ2v) is 5.21. The Morgan fingerprint density at radius 2 is 1.08 bits per heavy atom. The number of aliphatic hydroxyl groups excluding tert-OH is 2. The highest BCUT2D eigenvalue weighted by atomic mass is 16.4. The summed E-state index contributed by atoms with van der Waals surface area (Å²) in [4.78, 5) is 24.8. The van der Waals surface area contributed by atoms with E-state index in [1.807, 2.05) is 38.0 Å². The van der Waals surface area contributed by atoms with Gasteiger partial charge in [-0.15, -0.1) is 0 Å². The number of rotatable bonds is 6. The fraction of sp³-hybridized carbons (Fsp3) is 0.500. The summed E-state index contributed by atoms with van der Waals surface area (Å²) in [5.74, 6) is -2.46. The molecule has 0 bridgehead atoms. The van der Waals surface area contributed by atoms with E-state index >= 15 is 0 Å². The fourth-order valence-electron chi connectivity index (χ4n) is 1.26. The van der Waals surface area contributed by atoms with E-state index in [2.05, 4.69) is 0 Å². The van der Waals surface area contributed by atoms with Gasteiger partial charge in [0.05, 0.1) is 24.3 Å². The standard InChI is InChI=1S/C8H6O4.2C4H11NO/c9-7(10)5-3-1-2-4-6(5)8(11)12;2*1-5(2)3-4-6/h1-4H,(H,9,10)(H,11,12);2*6H,3-4H2,1-2H3. The van der Waals surface area contributed by atoms with Gasteiger partial charge in [-0.3, -0.25) is 0 Å². The molecule has 138 valence electrons. The molecule has 0 aliphatic heterocycles. The van der Waals surface area contributed by atoms with Gasteiger partial charge in [-0.2, -0.15) is 0 Å². The molecule has 1 aromatic carbocycles. The van der Waals surface area contributed by atoms with Crippen LogP contribution in [0.2, 0.25) is 0 Å². The van der Waals surface area contributed by atoms with Gasteiger partial charge in [-0.1, -0.05) is 12.1 Å². The van der Waals surface area contributed by atoms with Crippen LogP contribution in [0.3, 0.4) is 0 Å². The maximum Gasteiger partial charge on any atom is 0.336 e. The largest absolute Gasteiger partial charge is 0.478 e.